The predicted molar refractivity (Wildman–Crippen MR) is 74.2 cm³/mol. The van der Waals surface area contributed by atoms with Gasteiger partial charge in [-0.25, -0.2) is 9.59 Å². The van der Waals surface area contributed by atoms with Gasteiger partial charge in [0.05, 0.1) is 12.6 Å². The molecule has 1 aromatic rings. The molecule has 0 aliphatic carbocycles. The third-order valence-electron chi connectivity index (χ3n) is 3.24. The first-order valence-electron chi connectivity index (χ1n) is 6.67. The van der Waals surface area contributed by atoms with E-state index in [1.54, 1.807) is 0 Å². The molecule has 0 saturated heterocycles. The molecule has 0 radical (unpaired) electrons. The van der Waals surface area contributed by atoms with Crippen molar-refractivity contribution in [2.45, 2.75) is 31.6 Å². The van der Waals surface area contributed by atoms with Crippen LogP contribution in [0.4, 0.5) is 4.79 Å². The van der Waals surface area contributed by atoms with E-state index in [0.717, 1.165) is 11.3 Å². The van der Waals surface area contributed by atoms with Crippen molar-refractivity contribution in [1.29, 1.82) is 0 Å². The molecule has 7 nitrogen and oxygen atoms in total. The van der Waals surface area contributed by atoms with Crippen LogP contribution >= 0.6 is 0 Å². The fourth-order valence-corrected chi connectivity index (χ4v) is 2.16. The zero-order valence-electron chi connectivity index (χ0n) is 11.6. The molecular formula is C14H18N2O5. The third kappa shape index (κ3) is 3.85. The molecular weight excluding hydrogens is 276 g/mol. The molecule has 4 N–H and O–H groups in total. The number of aliphatic carboxylic acids is 1. The van der Waals surface area contributed by atoms with Crippen LogP contribution in [0.3, 0.4) is 0 Å². The lowest BCUT2D eigenvalue weighted by Crippen LogP contribution is -2.52. The lowest BCUT2D eigenvalue weighted by atomic mass is 10.1. The SMILES string of the molecule is CC(O)C(NC(=O)NCC1Cc2ccccc2O1)C(=O)O. The molecule has 21 heavy (non-hydrogen) atoms. The first-order chi connectivity index (χ1) is 9.97. The van der Waals surface area contributed by atoms with E-state index in [1.807, 2.05) is 24.3 Å². The maximum atomic E-state index is 11.6. The maximum absolute atomic E-state index is 11.6. The van der Waals surface area contributed by atoms with Gasteiger partial charge in [-0.15, -0.1) is 0 Å². The quantitative estimate of drug-likeness (QED) is 0.617. The number of carbonyl (C=O) groups excluding carboxylic acids is 1. The summed E-state index contributed by atoms with van der Waals surface area (Å²) in [6.07, 6.45) is -0.668. The second kappa shape index (κ2) is 6.45. The Kier molecular flexibility index (Phi) is 4.64. The zero-order chi connectivity index (χ0) is 15.4. The van der Waals surface area contributed by atoms with Crippen molar-refractivity contribution in [3.05, 3.63) is 29.8 Å². The van der Waals surface area contributed by atoms with Gasteiger partial charge in [-0.2, -0.15) is 0 Å². The number of fused-ring (bicyclic) bond motifs is 1. The van der Waals surface area contributed by atoms with Crippen LogP contribution in [0.5, 0.6) is 5.75 Å². The number of hydrogen-bond acceptors (Lipinski definition) is 4. The number of carbonyl (C=O) groups is 2. The summed E-state index contributed by atoms with van der Waals surface area (Å²) in [6.45, 7) is 1.56. The van der Waals surface area contributed by atoms with Crippen LogP contribution in [0.15, 0.2) is 24.3 Å². The molecule has 0 spiro atoms. The van der Waals surface area contributed by atoms with Crippen molar-refractivity contribution >= 4 is 12.0 Å². The van der Waals surface area contributed by atoms with Crippen molar-refractivity contribution in [1.82, 2.24) is 10.6 Å². The Bertz CT molecular complexity index is 507. The third-order valence-corrected chi connectivity index (χ3v) is 3.24. The number of ether oxygens (including phenoxy) is 1. The van der Waals surface area contributed by atoms with Crippen molar-refractivity contribution in [2.24, 2.45) is 0 Å². The van der Waals surface area contributed by atoms with Gasteiger partial charge in [-0.05, 0) is 18.6 Å². The van der Waals surface area contributed by atoms with Crippen LogP contribution in [0, 0.1) is 0 Å². The second-order valence-electron chi connectivity index (χ2n) is 4.96. The number of benzene rings is 1. The van der Waals surface area contributed by atoms with E-state index >= 15 is 0 Å². The number of carboxylic acid groups (broad SMARTS) is 1. The summed E-state index contributed by atoms with van der Waals surface area (Å²) in [5, 5.41) is 22.9. The standard InChI is InChI=1S/C14H18N2O5/c1-8(17)12(13(18)19)16-14(20)15-7-10-6-9-4-2-3-5-11(9)21-10/h2-5,8,10,12,17H,6-7H2,1H3,(H,18,19)(H2,15,16,20). The Labute approximate surface area is 121 Å². The first-order valence-corrected chi connectivity index (χ1v) is 6.67. The summed E-state index contributed by atoms with van der Waals surface area (Å²) in [5.74, 6) is -0.484. The van der Waals surface area contributed by atoms with Crippen LogP contribution in [0.25, 0.3) is 0 Å². The van der Waals surface area contributed by atoms with Crippen LogP contribution in [0.1, 0.15) is 12.5 Å². The summed E-state index contributed by atoms with van der Waals surface area (Å²) >= 11 is 0. The van der Waals surface area contributed by atoms with Gasteiger partial charge in [-0.3, -0.25) is 0 Å². The minimum absolute atomic E-state index is 0.178. The molecule has 1 aromatic carbocycles. The van der Waals surface area contributed by atoms with Gasteiger partial charge in [0.25, 0.3) is 0 Å². The highest BCUT2D eigenvalue weighted by molar-refractivity contribution is 5.82. The Morgan fingerprint density at radius 3 is 2.76 bits per heavy atom. The van der Waals surface area contributed by atoms with Gasteiger partial charge in [0.15, 0.2) is 6.04 Å². The number of carboxylic acids is 1. The fraction of sp³-hybridized carbons (Fsp3) is 0.429. The van der Waals surface area contributed by atoms with Gasteiger partial charge in [0.1, 0.15) is 11.9 Å². The summed E-state index contributed by atoms with van der Waals surface area (Å²) in [5.41, 5.74) is 1.08. The highest BCUT2D eigenvalue weighted by atomic mass is 16.5. The average Bonchev–Trinajstić information content (AvgIpc) is 2.84. The minimum Gasteiger partial charge on any atom is -0.488 e. The normalized spacial score (nSPS) is 19.0. The summed E-state index contributed by atoms with van der Waals surface area (Å²) in [7, 11) is 0. The number of aliphatic hydroxyl groups is 1. The Morgan fingerprint density at radius 1 is 1.43 bits per heavy atom. The number of urea groups is 1. The van der Waals surface area contributed by atoms with Crippen molar-refractivity contribution < 1.29 is 24.5 Å². The monoisotopic (exact) mass is 294 g/mol. The molecule has 3 atom stereocenters. The van der Waals surface area contributed by atoms with E-state index in [2.05, 4.69) is 10.6 Å². The van der Waals surface area contributed by atoms with Gasteiger partial charge in [0.2, 0.25) is 0 Å². The molecule has 0 aromatic heterocycles. The first kappa shape index (κ1) is 15.1. The van der Waals surface area contributed by atoms with Gasteiger partial charge in [-0.1, -0.05) is 18.2 Å². The smallest absolute Gasteiger partial charge is 0.328 e. The molecule has 1 aliphatic heterocycles. The van der Waals surface area contributed by atoms with Gasteiger partial charge < -0.3 is 25.6 Å². The molecule has 0 fully saturated rings. The van der Waals surface area contributed by atoms with E-state index in [9.17, 15) is 14.7 Å². The summed E-state index contributed by atoms with van der Waals surface area (Å²) in [6, 6.07) is 5.63. The van der Waals surface area contributed by atoms with E-state index < -0.39 is 24.1 Å². The van der Waals surface area contributed by atoms with Crippen molar-refractivity contribution in [3.8, 4) is 5.75 Å². The van der Waals surface area contributed by atoms with Gasteiger partial charge in [0, 0.05) is 6.42 Å². The molecule has 2 amide bonds. The van der Waals surface area contributed by atoms with Crippen LogP contribution in [-0.4, -0.2) is 47.0 Å². The molecule has 1 heterocycles. The van der Waals surface area contributed by atoms with Crippen LogP contribution in [0.2, 0.25) is 0 Å². The fourth-order valence-electron chi connectivity index (χ4n) is 2.16. The van der Waals surface area contributed by atoms with E-state index in [0.29, 0.717) is 6.42 Å². The number of nitrogens with one attached hydrogen (secondary N) is 2. The van der Waals surface area contributed by atoms with Crippen molar-refractivity contribution in [3.63, 3.8) is 0 Å². The molecule has 0 bridgehead atoms. The molecule has 0 saturated carbocycles. The Hall–Kier alpha value is -2.28. The van der Waals surface area contributed by atoms with E-state index in [1.165, 1.54) is 6.92 Å². The highest BCUT2D eigenvalue weighted by Gasteiger charge is 2.26. The van der Waals surface area contributed by atoms with Gasteiger partial charge >= 0.3 is 12.0 Å². The largest absolute Gasteiger partial charge is 0.488 e. The Balaban J connectivity index is 1.79. The van der Waals surface area contributed by atoms with Crippen LogP contribution < -0.4 is 15.4 Å². The number of hydrogen-bond donors (Lipinski definition) is 4. The molecule has 7 heteroatoms. The number of para-hydroxylation sites is 1. The highest BCUT2D eigenvalue weighted by Crippen LogP contribution is 2.27. The number of aliphatic hydroxyl groups excluding tert-OH is 1. The lowest BCUT2D eigenvalue weighted by molar-refractivity contribution is -0.141. The predicted octanol–water partition coefficient (Wildman–Crippen LogP) is 0.123. The lowest BCUT2D eigenvalue weighted by Gasteiger charge is -2.18. The molecule has 3 unspecified atom stereocenters. The van der Waals surface area contributed by atoms with E-state index in [4.69, 9.17) is 9.84 Å². The molecule has 114 valence electrons. The minimum atomic E-state index is -1.34. The second-order valence-corrected chi connectivity index (χ2v) is 4.96. The molecule has 2 rings (SSSR count). The average molecular weight is 294 g/mol. The number of rotatable bonds is 5. The van der Waals surface area contributed by atoms with Crippen LogP contribution in [-0.2, 0) is 11.2 Å². The molecule has 1 aliphatic rings. The van der Waals surface area contributed by atoms with E-state index in [-0.39, 0.29) is 12.6 Å². The maximum Gasteiger partial charge on any atom is 0.328 e. The number of amides is 2. The Morgan fingerprint density at radius 2 is 2.14 bits per heavy atom. The topological polar surface area (TPSA) is 108 Å². The zero-order valence-corrected chi connectivity index (χ0v) is 11.6. The van der Waals surface area contributed by atoms with Crippen molar-refractivity contribution in [2.75, 3.05) is 6.54 Å². The summed E-state index contributed by atoms with van der Waals surface area (Å²) in [4.78, 5) is 22.5. The summed E-state index contributed by atoms with van der Waals surface area (Å²) < 4.78 is 5.65.